The third-order valence-electron chi connectivity index (χ3n) is 3.90. The van der Waals surface area contributed by atoms with Gasteiger partial charge in [-0.15, -0.1) is 0 Å². The van der Waals surface area contributed by atoms with Crippen molar-refractivity contribution in [1.82, 2.24) is 4.90 Å². The number of hydrogen-bond donors (Lipinski definition) is 0. The lowest BCUT2D eigenvalue weighted by molar-refractivity contribution is -0.385. The van der Waals surface area contributed by atoms with E-state index < -0.39 is 4.92 Å². The number of hydrogen-bond acceptors (Lipinski definition) is 5. The number of aldehydes is 1. The summed E-state index contributed by atoms with van der Waals surface area (Å²) in [6, 6.07) is 4.04. The monoisotopic (exact) mass is 350 g/mol. The molecule has 0 N–H and O–H groups in total. The first-order valence-corrected chi connectivity index (χ1v) is 8.60. The van der Waals surface area contributed by atoms with Crippen molar-refractivity contribution in [2.75, 3.05) is 20.2 Å². The SMILES string of the molecule is CCCCCCN(C)C(=O)CCCOc1ccc([N+](=O)[O-])c(C=O)c1. The van der Waals surface area contributed by atoms with E-state index in [0.717, 1.165) is 19.4 Å². The van der Waals surface area contributed by atoms with Crippen molar-refractivity contribution < 1.29 is 19.2 Å². The molecule has 0 aliphatic carbocycles. The fourth-order valence-electron chi connectivity index (χ4n) is 2.39. The largest absolute Gasteiger partial charge is 0.494 e. The van der Waals surface area contributed by atoms with E-state index in [-0.39, 0.29) is 17.2 Å². The molecule has 0 bridgehead atoms. The number of rotatable bonds is 12. The Bertz CT molecular complexity index is 589. The molecule has 0 unspecified atom stereocenters. The molecule has 25 heavy (non-hydrogen) atoms. The summed E-state index contributed by atoms with van der Waals surface area (Å²) in [6.45, 7) is 3.23. The van der Waals surface area contributed by atoms with Crippen LogP contribution in [0.25, 0.3) is 0 Å². The first-order chi connectivity index (χ1) is 12.0. The lowest BCUT2D eigenvalue weighted by Crippen LogP contribution is -2.27. The Hall–Kier alpha value is -2.44. The average Bonchev–Trinajstić information content (AvgIpc) is 2.61. The lowest BCUT2D eigenvalue weighted by atomic mass is 10.2. The zero-order valence-electron chi connectivity index (χ0n) is 14.9. The molecule has 0 fully saturated rings. The van der Waals surface area contributed by atoms with Crippen molar-refractivity contribution in [3.8, 4) is 5.75 Å². The first kappa shape index (κ1) is 20.6. The summed E-state index contributed by atoms with van der Waals surface area (Å²) in [5.41, 5.74) is -0.271. The molecule has 0 aliphatic heterocycles. The van der Waals surface area contributed by atoms with Gasteiger partial charge in [0.05, 0.1) is 17.1 Å². The van der Waals surface area contributed by atoms with Gasteiger partial charge in [-0.3, -0.25) is 19.7 Å². The van der Waals surface area contributed by atoms with E-state index in [2.05, 4.69) is 6.92 Å². The molecule has 1 amide bonds. The highest BCUT2D eigenvalue weighted by Crippen LogP contribution is 2.22. The fraction of sp³-hybridized carbons (Fsp3) is 0.556. The quantitative estimate of drug-likeness (QED) is 0.249. The second-order valence-electron chi connectivity index (χ2n) is 5.92. The van der Waals surface area contributed by atoms with E-state index in [0.29, 0.717) is 31.5 Å². The highest BCUT2D eigenvalue weighted by atomic mass is 16.6. The Morgan fingerprint density at radius 3 is 2.68 bits per heavy atom. The normalized spacial score (nSPS) is 10.3. The van der Waals surface area contributed by atoms with Crippen LogP contribution in [-0.4, -0.2) is 42.2 Å². The van der Waals surface area contributed by atoms with Crippen LogP contribution in [0.15, 0.2) is 18.2 Å². The van der Waals surface area contributed by atoms with Gasteiger partial charge in [-0.25, -0.2) is 0 Å². The summed E-state index contributed by atoms with van der Waals surface area (Å²) in [5.74, 6) is 0.463. The van der Waals surface area contributed by atoms with Gasteiger partial charge in [0.1, 0.15) is 5.75 Å². The maximum atomic E-state index is 12.0. The van der Waals surface area contributed by atoms with Gasteiger partial charge in [-0.1, -0.05) is 26.2 Å². The highest BCUT2D eigenvalue weighted by molar-refractivity contribution is 5.82. The van der Waals surface area contributed by atoms with E-state index in [4.69, 9.17) is 4.74 Å². The number of ether oxygens (including phenoxy) is 1. The maximum absolute atomic E-state index is 12.0. The molecule has 138 valence electrons. The van der Waals surface area contributed by atoms with Crippen LogP contribution in [0.2, 0.25) is 0 Å². The summed E-state index contributed by atoms with van der Waals surface area (Å²) >= 11 is 0. The van der Waals surface area contributed by atoms with Gasteiger partial charge in [0.2, 0.25) is 5.91 Å². The molecule has 0 aliphatic rings. The van der Waals surface area contributed by atoms with Crippen LogP contribution in [0.3, 0.4) is 0 Å². The zero-order chi connectivity index (χ0) is 18.7. The second kappa shape index (κ2) is 11.2. The van der Waals surface area contributed by atoms with Crippen molar-refractivity contribution in [2.45, 2.75) is 45.4 Å². The number of nitro benzene ring substituents is 1. The molecular formula is C18H26N2O5. The van der Waals surface area contributed by atoms with Gasteiger partial charge in [-0.2, -0.15) is 0 Å². The summed E-state index contributed by atoms with van der Waals surface area (Å²) in [7, 11) is 1.81. The smallest absolute Gasteiger partial charge is 0.280 e. The molecule has 0 saturated carbocycles. The van der Waals surface area contributed by atoms with Gasteiger partial charge in [0.25, 0.3) is 5.69 Å². The molecule has 1 rings (SSSR count). The highest BCUT2D eigenvalue weighted by Gasteiger charge is 2.14. The summed E-state index contributed by atoms with van der Waals surface area (Å²) in [6.07, 6.45) is 5.88. The molecule has 7 heteroatoms. The van der Waals surface area contributed by atoms with Gasteiger partial charge < -0.3 is 9.64 Å². The molecule has 0 aromatic heterocycles. The Morgan fingerprint density at radius 2 is 2.04 bits per heavy atom. The van der Waals surface area contributed by atoms with Gasteiger partial charge >= 0.3 is 0 Å². The fourth-order valence-corrected chi connectivity index (χ4v) is 2.39. The molecule has 0 heterocycles. The molecule has 0 radical (unpaired) electrons. The lowest BCUT2D eigenvalue weighted by Gasteiger charge is -2.17. The Morgan fingerprint density at radius 1 is 1.28 bits per heavy atom. The summed E-state index contributed by atoms with van der Waals surface area (Å²) < 4.78 is 5.47. The standard InChI is InChI=1S/C18H26N2O5/c1-3-4-5-6-11-19(2)18(22)8-7-12-25-16-9-10-17(20(23)24)15(13-16)14-21/h9-10,13-14H,3-8,11-12H2,1-2H3. The minimum atomic E-state index is -0.609. The maximum Gasteiger partial charge on any atom is 0.280 e. The molecule has 0 saturated heterocycles. The predicted molar refractivity (Wildman–Crippen MR) is 95.0 cm³/mol. The van der Waals surface area contributed by atoms with Gasteiger partial charge in [-0.05, 0) is 25.0 Å². The third-order valence-corrected chi connectivity index (χ3v) is 3.90. The van der Waals surface area contributed by atoms with Crippen molar-refractivity contribution in [3.05, 3.63) is 33.9 Å². The summed E-state index contributed by atoms with van der Waals surface area (Å²) in [4.78, 5) is 34.8. The molecule has 7 nitrogen and oxygen atoms in total. The average molecular weight is 350 g/mol. The van der Waals surface area contributed by atoms with Crippen molar-refractivity contribution >= 4 is 17.9 Å². The number of carbonyl (C=O) groups is 2. The predicted octanol–water partition coefficient (Wildman–Crippen LogP) is 3.61. The number of nitro groups is 1. The molecule has 1 aromatic rings. The molecule has 0 atom stereocenters. The Kier molecular flexibility index (Phi) is 9.21. The van der Waals surface area contributed by atoms with Crippen LogP contribution >= 0.6 is 0 Å². The minimum Gasteiger partial charge on any atom is -0.494 e. The van der Waals surface area contributed by atoms with E-state index in [1.54, 1.807) is 4.90 Å². The van der Waals surface area contributed by atoms with Crippen molar-refractivity contribution in [3.63, 3.8) is 0 Å². The van der Waals surface area contributed by atoms with Crippen LogP contribution in [0.4, 0.5) is 5.69 Å². The van der Waals surface area contributed by atoms with Crippen LogP contribution < -0.4 is 4.74 Å². The Balaban J connectivity index is 2.34. The minimum absolute atomic E-state index is 0.0228. The van der Waals surface area contributed by atoms with Crippen LogP contribution in [0.5, 0.6) is 5.75 Å². The van der Waals surface area contributed by atoms with Crippen LogP contribution in [0, 0.1) is 10.1 Å². The number of benzene rings is 1. The third kappa shape index (κ3) is 7.32. The molecule has 0 spiro atoms. The Labute approximate surface area is 148 Å². The van der Waals surface area contributed by atoms with E-state index >= 15 is 0 Å². The van der Waals surface area contributed by atoms with E-state index in [1.165, 1.54) is 31.0 Å². The number of nitrogens with zero attached hydrogens (tertiary/aromatic N) is 2. The second-order valence-corrected chi connectivity index (χ2v) is 5.92. The van der Waals surface area contributed by atoms with Crippen molar-refractivity contribution in [2.24, 2.45) is 0 Å². The number of unbranched alkanes of at least 4 members (excludes halogenated alkanes) is 3. The van der Waals surface area contributed by atoms with Gasteiger partial charge in [0.15, 0.2) is 6.29 Å². The topological polar surface area (TPSA) is 89.8 Å². The zero-order valence-corrected chi connectivity index (χ0v) is 14.9. The summed E-state index contributed by atoms with van der Waals surface area (Å²) in [5, 5.41) is 10.8. The van der Waals surface area contributed by atoms with E-state index in [9.17, 15) is 19.7 Å². The number of amides is 1. The number of carbonyl (C=O) groups excluding carboxylic acids is 2. The van der Waals surface area contributed by atoms with E-state index in [1.807, 2.05) is 7.05 Å². The molecule has 1 aromatic carbocycles. The first-order valence-electron chi connectivity index (χ1n) is 8.60. The van der Waals surface area contributed by atoms with Gasteiger partial charge in [0, 0.05) is 26.1 Å². The van der Waals surface area contributed by atoms with Crippen LogP contribution in [-0.2, 0) is 4.79 Å². The van der Waals surface area contributed by atoms with Crippen LogP contribution in [0.1, 0.15) is 55.8 Å². The molecular weight excluding hydrogens is 324 g/mol. The van der Waals surface area contributed by atoms with Crippen molar-refractivity contribution in [1.29, 1.82) is 0 Å².